The van der Waals surface area contributed by atoms with E-state index in [0.29, 0.717) is 0 Å². The summed E-state index contributed by atoms with van der Waals surface area (Å²) in [5.74, 6) is 1.07. The lowest BCUT2D eigenvalue weighted by Crippen LogP contribution is -2.15. The lowest BCUT2D eigenvalue weighted by Gasteiger charge is -2.27. The highest BCUT2D eigenvalue weighted by atomic mass is 127. The molecule has 0 nitrogen and oxygen atoms in total. The zero-order chi connectivity index (χ0) is 9.15. The van der Waals surface area contributed by atoms with Crippen molar-refractivity contribution >= 4 is 22.6 Å². The Bertz CT molecular complexity index is 157. The van der Waals surface area contributed by atoms with Crippen molar-refractivity contribution in [3.63, 3.8) is 0 Å². The van der Waals surface area contributed by atoms with Gasteiger partial charge in [-0.2, -0.15) is 0 Å². The van der Waals surface area contributed by atoms with Crippen LogP contribution in [-0.2, 0) is 0 Å². The maximum atomic E-state index is 2.58. The van der Waals surface area contributed by atoms with Crippen LogP contribution in [0.1, 0.15) is 57.8 Å². The van der Waals surface area contributed by atoms with E-state index in [9.17, 15) is 0 Å². The lowest BCUT2D eigenvalue weighted by atomic mass is 9.78. The van der Waals surface area contributed by atoms with Crippen LogP contribution in [0.15, 0.2) is 0 Å². The number of rotatable bonds is 1. The Morgan fingerprint density at radius 2 is 1.69 bits per heavy atom. The van der Waals surface area contributed by atoms with Gasteiger partial charge in [-0.05, 0) is 43.4 Å². The minimum absolute atomic E-state index is 0.826. The highest BCUT2D eigenvalue weighted by molar-refractivity contribution is 14.1. The highest BCUT2D eigenvalue weighted by Crippen LogP contribution is 2.50. The van der Waals surface area contributed by atoms with Crippen molar-refractivity contribution in [2.45, 2.75) is 57.8 Å². The molecule has 1 heteroatoms. The molecule has 0 aliphatic heterocycles. The van der Waals surface area contributed by atoms with Gasteiger partial charge in [0.2, 0.25) is 0 Å². The van der Waals surface area contributed by atoms with Gasteiger partial charge in [-0.3, -0.25) is 0 Å². The van der Waals surface area contributed by atoms with Crippen molar-refractivity contribution in [1.82, 2.24) is 0 Å². The molecule has 2 aliphatic rings. The summed E-state index contributed by atoms with van der Waals surface area (Å²) >= 11 is 2.58. The monoisotopic (exact) mass is 292 g/mol. The summed E-state index contributed by atoms with van der Waals surface area (Å²) in [6.45, 7) is 0. The molecule has 0 bridgehead atoms. The molecule has 0 aromatic carbocycles. The van der Waals surface area contributed by atoms with Crippen LogP contribution >= 0.6 is 22.6 Å². The molecule has 1 atom stereocenters. The Labute approximate surface area is 96.0 Å². The molecular formula is C12H21I. The first-order valence-electron chi connectivity index (χ1n) is 5.91. The predicted octanol–water partition coefficient (Wildman–Crippen LogP) is 4.56. The Kier molecular flexibility index (Phi) is 3.55. The minimum atomic E-state index is 0.826. The van der Waals surface area contributed by atoms with Crippen molar-refractivity contribution in [3.05, 3.63) is 0 Å². The molecule has 0 amide bonds. The summed E-state index contributed by atoms with van der Waals surface area (Å²) in [5.41, 5.74) is 0.826. The van der Waals surface area contributed by atoms with E-state index in [4.69, 9.17) is 0 Å². The zero-order valence-corrected chi connectivity index (χ0v) is 10.7. The van der Waals surface area contributed by atoms with E-state index in [0.717, 1.165) is 11.3 Å². The van der Waals surface area contributed by atoms with Crippen molar-refractivity contribution in [1.29, 1.82) is 0 Å². The second-order valence-electron chi connectivity index (χ2n) is 5.18. The van der Waals surface area contributed by atoms with Gasteiger partial charge in [0.05, 0.1) is 0 Å². The normalized spacial score (nSPS) is 33.5. The second kappa shape index (κ2) is 4.50. The van der Waals surface area contributed by atoms with Gasteiger partial charge >= 0.3 is 0 Å². The van der Waals surface area contributed by atoms with Gasteiger partial charge in [0.1, 0.15) is 0 Å². The van der Waals surface area contributed by atoms with Crippen LogP contribution < -0.4 is 0 Å². The van der Waals surface area contributed by atoms with Gasteiger partial charge in [0.25, 0.3) is 0 Å². The summed E-state index contributed by atoms with van der Waals surface area (Å²) in [7, 11) is 0. The van der Waals surface area contributed by atoms with Crippen molar-refractivity contribution < 1.29 is 0 Å². The van der Waals surface area contributed by atoms with E-state index in [2.05, 4.69) is 22.6 Å². The van der Waals surface area contributed by atoms with Crippen molar-refractivity contribution in [2.24, 2.45) is 11.3 Å². The highest BCUT2D eigenvalue weighted by Gasteiger charge is 2.38. The van der Waals surface area contributed by atoms with E-state index in [1.165, 1.54) is 36.5 Å². The topological polar surface area (TPSA) is 0 Å². The van der Waals surface area contributed by atoms with E-state index >= 15 is 0 Å². The molecular weight excluding hydrogens is 271 g/mol. The van der Waals surface area contributed by atoms with Crippen LogP contribution in [0.3, 0.4) is 0 Å². The Morgan fingerprint density at radius 1 is 1.00 bits per heavy atom. The first kappa shape index (κ1) is 10.3. The fraction of sp³-hybridized carbons (Fsp3) is 1.00. The van der Waals surface area contributed by atoms with Crippen LogP contribution in [-0.4, -0.2) is 4.43 Å². The molecule has 0 saturated heterocycles. The summed E-state index contributed by atoms with van der Waals surface area (Å²) in [6.07, 6.45) is 13.8. The van der Waals surface area contributed by atoms with Crippen LogP contribution in [0.4, 0.5) is 0 Å². The van der Waals surface area contributed by atoms with Crippen LogP contribution in [0, 0.1) is 11.3 Å². The molecule has 2 saturated carbocycles. The van der Waals surface area contributed by atoms with Crippen molar-refractivity contribution in [2.75, 3.05) is 4.43 Å². The summed E-state index contributed by atoms with van der Waals surface area (Å²) in [4.78, 5) is 0. The lowest BCUT2D eigenvalue weighted by molar-refractivity contribution is 0.245. The standard InChI is InChI=1S/C12H21I/c13-10-11-5-8-12(9-11)6-3-1-2-4-7-12/h11H,1-10H2. The zero-order valence-electron chi connectivity index (χ0n) is 8.53. The second-order valence-corrected chi connectivity index (χ2v) is 6.06. The van der Waals surface area contributed by atoms with E-state index in [1.54, 1.807) is 25.7 Å². The largest absolute Gasteiger partial charge is 0.0861 e. The molecule has 0 N–H and O–H groups in total. The molecule has 0 radical (unpaired) electrons. The fourth-order valence-electron chi connectivity index (χ4n) is 3.39. The molecule has 76 valence electrons. The SMILES string of the molecule is ICC1CCC2(CCCCCC2)C1. The maximum absolute atomic E-state index is 2.58. The molecule has 1 spiro atoms. The van der Waals surface area contributed by atoms with Crippen LogP contribution in [0.25, 0.3) is 0 Å². The first-order chi connectivity index (χ1) is 6.35. The molecule has 2 fully saturated rings. The quantitative estimate of drug-likeness (QED) is 0.491. The third-order valence-corrected chi connectivity index (χ3v) is 5.43. The number of halogens is 1. The summed E-state index contributed by atoms with van der Waals surface area (Å²) < 4.78 is 1.40. The third-order valence-electron chi connectivity index (χ3n) is 4.19. The van der Waals surface area contributed by atoms with Gasteiger partial charge in [-0.15, -0.1) is 0 Å². The molecule has 1 unspecified atom stereocenters. The Balaban J connectivity index is 1.95. The number of hydrogen-bond acceptors (Lipinski definition) is 0. The number of alkyl halides is 1. The van der Waals surface area contributed by atoms with Gasteiger partial charge in [0.15, 0.2) is 0 Å². The van der Waals surface area contributed by atoms with E-state index in [1.807, 2.05) is 0 Å². The molecule has 0 aromatic heterocycles. The third kappa shape index (κ3) is 2.40. The Morgan fingerprint density at radius 3 is 2.23 bits per heavy atom. The van der Waals surface area contributed by atoms with E-state index in [-0.39, 0.29) is 0 Å². The first-order valence-corrected chi connectivity index (χ1v) is 7.43. The van der Waals surface area contributed by atoms with Gasteiger partial charge in [0, 0.05) is 4.43 Å². The van der Waals surface area contributed by atoms with E-state index < -0.39 is 0 Å². The molecule has 0 aromatic rings. The molecule has 2 rings (SSSR count). The average Bonchev–Trinajstić information content (AvgIpc) is 2.40. The number of hydrogen-bond donors (Lipinski definition) is 0. The predicted molar refractivity (Wildman–Crippen MR) is 66.4 cm³/mol. The molecule has 0 heterocycles. The molecule has 2 aliphatic carbocycles. The minimum Gasteiger partial charge on any atom is -0.0861 e. The van der Waals surface area contributed by atoms with Crippen LogP contribution in [0.5, 0.6) is 0 Å². The van der Waals surface area contributed by atoms with Gasteiger partial charge < -0.3 is 0 Å². The van der Waals surface area contributed by atoms with Crippen molar-refractivity contribution in [3.8, 4) is 0 Å². The maximum Gasteiger partial charge on any atom is 0.00239 e. The Hall–Kier alpha value is 0.730. The average molecular weight is 292 g/mol. The fourth-order valence-corrected chi connectivity index (χ4v) is 4.14. The van der Waals surface area contributed by atoms with Crippen LogP contribution in [0.2, 0.25) is 0 Å². The summed E-state index contributed by atoms with van der Waals surface area (Å²) in [6, 6.07) is 0. The smallest absolute Gasteiger partial charge is 0.00239 e. The van der Waals surface area contributed by atoms with Gasteiger partial charge in [-0.25, -0.2) is 0 Å². The molecule has 13 heavy (non-hydrogen) atoms. The summed E-state index contributed by atoms with van der Waals surface area (Å²) in [5, 5.41) is 0. The van der Waals surface area contributed by atoms with Gasteiger partial charge in [-0.1, -0.05) is 48.3 Å².